The van der Waals surface area contributed by atoms with Crippen molar-refractivity contribution in [2.45, 2.75) is 297 Å². The standard InChI is InChI=1S/C57H104O6/c1-4-7-10-13-16-19-22-23-24-25-26-27-28-29-30-31-32-33-36-38-41-44-47-50-56(59)62-53-54(63-57(60)51-48-45-42-39-35-21-18-15-12-9-6-3)52-61-55(58)49-46-43-40-37-34-20-17-14-11-8-5-2/h22-23,25-26,28-29,54H,4-21,24,27,30-53H2,1-3H3/b23-22-,26-25-,29-28-. The van der Waals surface area contributed by atoms with Crippen LogP contribution in [0, 0.1) is 0 Å². The highest BCUT2D eigenvalue weighted by Gasteiger charge is 2.19. The molecule has 0 aromatic heterocycles. The Kier molecular flexibility index (Phi) is 50.3. The van der Waals surface area contributed by atoms with Gasteiger partial charge in [-0.25, -0.2) is 0 Å². The average molecular weight is 885 g/mol. The number of unbranched alkanes of at least 4 members (excludes halogenated alkanes) is 33. The molecule has 0 fully saturated rings. The predicted octanol–water partition coefficient (Wildman–Crippen LogP) is 18.1. The lowest BCUT2D eigenvalue weighted by Gasteiger charge is -2.18. The molecule has 0 radical (unpaired) electrons. The van der Waals surface area contributed by atoms with Gasteiger partial charge in [0.05, 0.1) is 0 Å². The molecule has 6 nitrogen and oxygen atoms in total. The minimum absolute atomic E-state index is 0.0702. The summed E-state index contributed by atoms with van der Waals surface area (Å²) >= 11 is 0. The predicted molar refractivity (Wildman–Crippen MR) is 270 cm³/mol. The molecule has 0 aliphatic heterocycles. The molecule has 0 aromatic rings. The van der Waals surface area contributed by atoms with E-state index in [1.807, 2.05) is 0 Å². The summed E-state index contributed by atoms with van der Waals surface area (Å²) in [6.07, 6.45) is 61.3. The van der Waals surface area contributed by atoms with Crippen molar-refractivity contribution in [1.82, 2.24) is 0 Å². The topological polar surface area (TPSA) is 78.9 Å². The molecule has 1 unspecified atom stereocenters. The highest BCUT2D eigenvalue weighted by Crippen LogP contribution is 2.16. The summed E-state index contributed by atoms with van der Waals surface area (Å²) in [6.45, 7) is 6.63. The molecule has 0 N–H and O–H groups in total. The van der Waals surface area contributed by atoms with Gasteiger partial charge in [-0.2, -0.15) is 0 Å². The van der Waals surface area contributed by atoms with Crippen LogP contribution in [0.25, 0.3) is 0 Å². The summed E-state index contributed by atoms with van der Waals surface area (Å²) in [5.74, 6) is -0.867. The number of carbonyl (C=O) groups excluding carboxylic acids is 3. The zero-order valence-corrected chi connectivity index (χ0v) is 42.1. The third-order valence-corrected chi connectivity index (χ3v) is 12.1. The van der Waals surface area contributed by atoms with Gasteiger partial charge in [0.15, 0.2) is 6.10 Å². The lowest BCUT2D eigenvalue weighted by atomic mass is 10.1. The normalized spacial score (nSPS) is 12.2. The van der Waals surface area contributed by atoms with E-state index < -0.39 is 6.10 Å². The summed E-state index contributed by atoms with van der Waals surface area (Å²) in [7, 11) is 0. The van der Waals surface area contributed by atoms with Crippen LogP contribution in [0.3, 0.4) is 0 Å². The Morgan fingerprint density at radius 3 is 0.889 bits per heavy atom. The van der Waals surface area contributed by atoms with Crippen LogP contribution in [0.15, 0.2) is 36.5 Å². The highest BCUT2D eigenvalue weighted by molar-refractivity contribution is 5.71. The highest BCUT2D eigenvalue weighted by atomic mass is 16.6. The number of carbonyl (C=O) groups is 3. The Balaban J connectivity index is 4.24. The van der Waals surface area contributed by atoms with Crippen LogP contribution >= 0.6 is 0 Å². The van der Waals surface area contributed by atoms with Gasteiger partial charge in [-0.05, 0) is 57.8 Å². The smallest absolute Gasteiger partial charge is 0.306 e. The van der Waals surface area contributed by atoms with Crippen molar-refractivity contribution < 1.29 is 28.6 Å². The summed E-state index contributed by atoms with van der Waals surface area (Å²) in [4.78, 5) is 37.9. The van der Waals surface area contributed by atoms with Gasteiger partial charge in [-0.3, -0.25) is 14.4 Å². The Labute approximate surface area is 391 Å². The van der Waals surface area contributed by atoms with Crippen LogP contribution in [0.1, 0.15) is 290 Å². The summed E-state index contributed by atoms with van der Waals surface area (Å²) in [5, 5.41) is 0. The third-order valence-electron chi connectivity index (χ3n) is 12.1. The van der Waals surface area contributed by atoms with E-state index >= 15 is 0 Å². The molecular weight excluding hydrogens is 781 g/mol. The number of hydrogen-bond acceptors (Lipinski definition) is 6. The number of rotatable bonds is 50. The SMILES string of the molecule is CCCCCCC/C=C\C/C=C\C/C=C\CCCCCCCCCCC(=O)OCC(COC(=O)CCCCCCCCCCCCC)OC(=O)CCCCCCCCCCCCC. The van der Waals surface area contributed by atoms with Crippen LogP contribution in [0.5, 0.6) is 0 Å². The maximum Gasteiger partial charge on any atom is 0.306 e. The van der Waals surface area contributed by atoms with E-state index in [1.54, 1.807) is 0 Å². The fourth-order valence-electron chi connectivity index (χ4n) is 7.98. The van der Waals surface area contributed by atoms with E-state index in [9.17, 15) is 14.4 Å². The number of esters is 3. The van der Waals surface area contributed by atoms with Crippen molar-refractivity contribution in [2.24, 2.45) is 0 Å². The number of ether oxygens (including phenoxy) is 3. The van der Waals surface area contributed by atoms with Crippen LogP contribution in [0.4, 0.5) is 0 Å². The van der Waals surface area contributed by atoms with Gasteiger partial charge in [0.2, 0.25) is 0 Å². The Morgan fingerprint density at radius 2 is 0.571 bits per heavy atom. The van der Waals surface area contributed by atoms with Gasteiger partial charge in [0.25, 0.3) is 0 Å². The summed E-state index contributed by atoms with van der Waals surface area (Å²) in [6, 6.07) is 0. The molecule has 0 saturated heterocycles. The van der Waals surface area contributed by atoms with Gasteiger partial charge >= 0.3 is 17.9 Å². The van der Waals surface area contributed by atoms with Crippen molar-refractivity contribution in [3.63, 3.8) is 0 Å². The molecule has 6 heteroatoms. The molecule has 0 bridgehead atoms. The lowest BCUT2D eigenvalue weighted by Crippen LogP contribution is -2.30. The van der Waals surface area contributed by atoms with Gasteiger partial charge in [-0.1, -0.05) is 250 Å². The minimum Gasteiger partial charge on any atom is -0.462 e. The zero-order valence-electron chi connectivity index (χ0n) is 42.1. The molecule has 0 aliphatic rings. The molecule has 0 saturated carbocycles. The largest absolute Gasteiger partial charge is 0.462 e. The fraction of sp³-hybridized carbons (Fsp3) is 0.842. The van der Waals surface area contributed by atoms with Crippen LogP contribution < -0.4 is 0 Å². The van der Waals surface area contributed by atoms with E-state index in [1.165, 1.54) is 173 Å². The third kappa shape index (κ3) is 50.5. The van der Waals surface area contributed by atoms with E-state index in [-0.39, 0.29) is 31.1 Å². The molecule has 0 aliphatic carbocycles. The fourth-order valence-corrected chi connectivity index (χ4v) is 7.98. The molecule has 0 amide bonds. The minimum atomic E-state index is -0.769. The van der Waals surface area contributed by atoms with E-state index in [2.05, 4.69) is 57.2 Å². The monoisotopic (exact) mass is 885 g/mol. The second-order valence-electron chi connectivity index (χ2n) is 18.5. The van der Waals surface area contributed by atoms with Crippen LogP contribution in [-0.2, 0) is 28.6 Å². The quantitative estimate of drug-likeness (QED) is 0.0262. The first-order valence-corrected chi connectivity index (χ1v) is 27.5. The van der Waals surface area contributed by atoms with Gasteiger partial charge in [0.1, 0.15) is 13.2 Å². The van der Waals surface area contributed by atoms with E-state index in [4.69, 9.17) is 14.2 Å². The number of hydrogen-bond donors (Lipinski definition) is 0. The molecule has 0 spiro atoms. The molecule has 0 heterocycles. The number of allylic oxidation sites excluding steroid dienone is 6. The maximum atomic E-state index is 12.8. The van der Waals surface area contributed by atoms with Crippen molar-refractivity contribution in [3.8, 4) is 0 Å². The van der Waals surface area contributed by atoms with Crippen molar-refractivity contribution in [3.05, 3.63) is 36.5 Å². The summed E-state index contributed by atoms with van der Waals surface area (Å²) < 4.78 is 16.8. The summed E-state index contributed by atoms with van der Waals surface area (Å²) in [5.41, 5.74) is 0. The van der Waals surface area contributed by atoms with Gasteiger partial charge < -0.3 is 14.2 Å². The Hall–Kier alpha value is -2.37. The van der Waals surface area contributed by atoms with E-state index in [0.29, 0.717) is 19.3 Å². The molecular formula is C57H104O6. The van der Waals surface area contributed by atoms with Crippen molar-refractivity contribution in [2.75, 3.05) is 13.2 Å². The second kappa shape index (κ2) is 52.3. The Morgan fingerprint density at radius 1 is 0.317 bits per heavy atom. The van der Waals surface area contributed by atoms with Gasteiger partial charge in [0, 0.05) is 19.3 Å². The van der Waals surface area contributed by atoms with Crippen LogP contribution in [0.2, 0.25) is 0 Å². The molecule has 1 atom stereocenters. The molecule has 0 aromatic carbocycles. The Bertz CT molecular complexity index is 1060. The molecule has 63 heavy (non-hydrogen) atoms. The first kappa shape index (κ1) is 60.6. The average Bonchev–Trinajstić information content (AvgIpc) is 3.28. The van der Waals surface area contributed by atoms with Crippen molar-refractivity contribution in [1.29, 1.82) is 0 Å². The van der Waals surface area contributed by atoms with Gasteiger partial charge in [-0.15, -0.1) is 0 Å². The molecule has 0 rings (SSSR count). The first-order chi connectivity index (χ1) is 31.0. The van der Waals surface area contributed by atoms with E-state index in [0.717, 1.165) is 77.0 Å². The van der Waals surface area contributed by atoms with Crippen LogP contribution in [-0.4, -0.2) is 37.2 Å². The van der Waals surface area contributed by atoms with Crippen molar-refractivity contribution >= 4 is 17.9 Å². The second-order valence-corrected chi connectivity index (χ2v) is 18.5. The maximum absolute atomic E-state index is 12.8. The molecule has 368 valence electrons. The lowest BCUT2D eigenvalue weighted by molar-refractivity contribution is -0.167. The zero-order chi connectivity index (χ0) is 45.8. The first-order valence-electron chi connectivity index (χ1n) is 27.5.